The van der Waals surface area contributed by atoms with Gasteiger partial charge in [-0.05, 0) is 70.4 Å². The van der Waals surface area contributed by atoms with Gasteiger partial charge in [0.25, 0.3) is 5.91 Å². The summed E-state index contributed by atoms with van der Waals surface area (Å²) in [5.74, 6) is -3.51. The van der Waals surface area contributed by atoms with E-state index in [1.54, 1.807) is 22.9 Å². The summed E-state index contributed by atoms with van der Waals surface area (Å²) < 4.78 is 36.1. The van der Waals surface area contributed by atoms with Crippen molar-refractivity contribution in [3.63, 3.8) is 0 Å². The van der Waals surface area contributed by atoms with Gasteiger partial charge >= 0.3 is 0 Å². The first-order valence-corrected chi connectivity index (χ1v) is 14.0. The molecule has 2 atom stereocenters. The van der Waals surface area contributed by atoms with E-state index in [2.05, 4.69) is 25.9 Å². The molecule has 0 bridgehead atoms. The summed E-state index contributed by atoms with van der Waals surface area (Å²) in [6.45, 7) is 7.89. The smallest absolute Gasteiger partial charge is 0.270 e. The zero-order chi connectivity index (χ0) is 29.8. The molecule has 2 aromatic heterocycles. The maximum atomic E-state index is 14.6. The third-order valence-corrected chi connectivity index (χ3v) is 8.32. The summed E-state index contributed by atoms with van der Waals surface area (Å²) >= 11 is 0. The van der Waals surface area contributed by atoms with Gasteiger partial charge in [-0.25, -0.2) is 8.78 Å². The Morgan fingerprint density at radius 3 is 2.45 bits per heavy atom. The van der Waals surface area contributed by atoms with Crippen LogP contribution in [0.3, 0.4) is 0 Å². The van der Waals surface area contributed by atoms with Crippen LogP contribution in [-0.2, 0) is 4.79 Å². The van der Waals surface area contributed by atoms with Gasteiger partial charge in [0.05, 0.1) is 12.3 Å². The zero-order valence-corrected chi connectivity index (χ0v) is 23.8. The molecule has 2 amide bonds. The molecule has 42 heavy (non-hydrogen) atoms. The quantitative estimate of drug-likeness (QED) is 0.272. The number of aryl methyl sites for hydroxylation is 2. The number of carbonyl (C=O) groups is 2. The predicted octanol–water partition coefficient (Wildman–Crippen LogP) is 5.44. The summed E-state index contributed by atoms with van der Waals surface area (Å²) in [5.41, 5.74) is 4.41. The Hall–Kier alpha value is -4.54. The van der Waals surface area contributed by atoms with Crippen molar-refractivity contribution in [3.05, 3.63) is 82.9 Å². The van der Waals surface area contributed by atoms with Crippen molar-refractivity contribution in [1.82, 2.24) is 25.3 Å². The van der Waals surface area contributed by atoms with Crippen molar-refractivity contribution in [2.24, 2.45) is 5.41 Å². The van der Waals surface area contributed by atoms with Crippen LogP contribution in [0.25, 0.3) is 11.1 Å². The predicted molar refractivity (Wildman–Crippen MR) is 152 cm³/mol. The number of H-pyrrole nitrogens is 1. The second kappa shape index (κ2) is 10.4. The van der Waals surface area contributed by atoms with Crippen molar-refractivity contribution < 1.29 is 23.1 Å². The number of benzene rings is 2. The lowest BCUT2D eigenvalue weighted by atomic mass is 9.75. The number of aromatic amines is 1. The van der Waals surface area contributed by atoms with E-state index in [0.717, 1.165) is 47.5 Å². The van der Waals surface area contributed by atoms with Crippen LogP contribution in [0.4, 0.5) is 14.5 Å². The first-order chi connectivity index (χ1) is 20.1. The molecule has 1 fully saturated rings. The summed E-state index contributed by atoms with van der Waals surface area (Å²) in [5, 5.41) is 17.3. The lowest BCUT2D eigenvalue weighted by Crippen LogP contribution is -2.52. The molecular weight excluding hydrogens is 542 g/mol. The molecule has 1 aliphatic carbocycles. The SMILES string of the molecule is Cc1n[nH]c(C)c1-c1ccc(NC(=O)[C@@H](NC(=O)c2ccnn2C(C)C)C2c3cc(F)c(F)cc3OCC23CC3)cc1. The van der Waals surface area contributed by atoms with E-state index < -0.39 is 40.8 Å². The van der Waals surface area contributed by atoms with Crippen molar-refractivity contribution in [1.29, 1.82) is 0 Å². The number of amides is 2. The molecule has 9 nitrogen and oxygen atoms in total. The number of nitrogens with one attached hydrogen (secondary N) is 3. The number of ether oxygens (including phenoxy) is 1. The van der Waals surface area contributed by atoms with Gasteiger partial charge in [0.2, 0.25) is 5.91 Å². The number of carbonyl (C=O) groups excluding carboxylic acids is 2. The average molecular weight is 575 g/mol. The van der Waals surface area contributed by atoms with Gasteiger partial charge in [-0.2, -0.15) is 10.2 Å². The van der Waals surface area contributed by atoms with Gasteiger partial charge in [-0.3, -0.25) is 19.4 Å². The maximum absolute atomic E-state index is 14.6. The Morgan fingerprint density at radius 2 is 1.81 bits per heavy atom. The molecule has 2 aliphatic rings. The summed E-state index contributed by atoms with van der Waals surface area (Å²) in [6, 6.07) is 9.82. The molecule has 11 heteroatoms. The Kier molecular flexibility index (Phi) is 6.83. The molecule has 0 saturated heterocycles. The fraction of sp³-hybridized carbons (Fsp3) is 0.355. The van der Waals surface area contributed by atoms with Gasteiger partial charge in [0.1, 0.15) is 17.5 Å². The number of hydrogen-bond acceptors (Lipinski definition) is 5. The third-order valence-electron chi connectivity index (χ3n) is 8.32. The Bertz CT molecular complexity index is 1650. The van der Waals surface area contributed by atoms with Crippen LogP contribution in [0.1, 0.15) is 66.1 Å². The molecular formula is C31H32F2N6O3. The van der Waals surface area contributed by atoms with E-state index in [9.17, 15) is 18.4 Å². The Balaban J connectivity index is 1.36. The normalized spacial score (nSPS) is 17.5. The van der Waals surface area contributed by atoms with E-state index in [4.69, 9.17) is 4.74 Å². The van der Waals surface area contributed by atoms with Crippen LogP contribution in [0.2, 0.25) is 0 Å². The largest absolute Gasteiger partial charge is 0.493 e. The molecule has 1 aliphatic heterocycles. The van der Waals surface area contributed by atoms with Crippen LogP contribution in [-0.4, -0.2) is 44.4 Å². The number of halogens is 2. The van der Waals surface area contributed by atoms with Gasteiger partial charge < -0.3 is 15.4 Å². The van der Waals surface area contributed by atoms with E-state index in [1.807, 2.05) is 39.8 Å². The van der Waals surface area contributed by atoms with Crippen LogP contribution in [0, 0.1) is 30.9 Å². The van der Waals surface area contributed by atoms with Crippen LogP contribution < -0.4 is 15.4 Å². The number of anilines is 1. The minimum atomic E-state index is -1.11. The molecule has 3 heterocycles. The monoisotopic (exact) mass is 574 g/mol. The van der Waals surface area contributed by atoms with E-state index in [1.165, 1.54) is 6.20 Å². The number of hydrogen-bond donors (Lipinski definition) is 3. The average Bonchev–Trinajstić information content (AvgIpc) is 3.38. The van der Waals surface area contributed by atoms with Gasteiger partial charge in [0, 0.05) is 52.1 Å². The first kappa shape index (κ1) is 27.6. The van der Waals surface area contributed by atoms with Gasteiger partial charge in [-0.15, -0.1) is 0 Å². The van der Waals surface area contributed by atoms with Crippen molar-refractivity contribution >= 4 is 17.5 Å². The van der Waals surface area contributed by atoms with Gasteiger partial charge in [0.15, 0.2) is 11.6 Å². The summed E-state index contributed by atoms with van der Waals surface area (Å²) in [7, 11) is 0. The second-order valence-electron chi connectivity index (χ2n) is 11.5. The standard InChI is InChI=1S/C31H32F2N6O3/c1-16(2)39-24(9-12-34-39)29(40)36-28(27-21-13-22(32)23(33)14-25(21)42-15-31(27)10-11-31)30(41)35-20-7-5-19(6-8-20)26-17(3)37-38-18(26)4/h5-9,12-14,16,27-28H,10-11,15H2,1-4H3,(H,35,41)(H,36,40)(H,37,38)/t27?,28-/m0/s1. The fourth-order valence-electron chi connectivity index (χ4n) is 6.04. The van der Waals surface area contributed by atoms with E-state index >= 15 is 0 Å². The fourth-order valence-corrected chi connectivity index (χ4v) is 6.04. The lowest BCUT2D eigenvalue weighted by molar-refractivity contribution is -0.119. The number of aromatic nitrogens is 4. The van der Waals surface area contributed by atoms with Gasteiger partial charge in [-0.1, -0.05) is 12.1 Å². The second-order valence-corrected chi connectivity index (χ2v) is 11.5. The number of fused-ring (bicyclic) bond motifs is 1. The molecule has 218 valence electrons. The van der Waals surface area contributed by atoms with Crippen molar-refractivity contribution in [2.45, 2.75) is 58.5 Å². The van der Waals surface area contributed by atoms with Crippen molar-refractivity contribution in [3.8, 4) is 16.9 Å². The van der Waals surface area contributed by atoms with Crippen LogP contribution in [0.15, 0.2) is 48.7 Å². The third kappa shape index (κ3) is 4.82. The highest BCUT2D eigenvalue weighted by Gasteiger charge is 2.58. The lowest BCUT2D eigenvalue weighted by Gasteiger charge is -2.38. The minimum absolute atomic E-state index is 0.0929. The minimum Gasteiger partial charge on any atom is -0.493 e. The summed E-state index contributed by atoms with van der Waals surface area (Å²) in [4.78, 5) is 27.7. The highest BCUT2D eigenvalue weighted by atomic mass is 19.2. The molecule has 1 saturated carbocycles. The molecule has 1 unspecified atom stereocenters. The van der Waals surface area contributed by atoms with E-state index in [0.29, 0.717) is 16.9 Å². The molecule has 2 aromatic carbocycles. The van der Waals surface area contributed by atoms with E-state index in [-0.39, 0.29) is 18.4 Å². The highest BCUT2D eigenvalue weighted by Crippen LogP contribution is 2.61. The Morgan fingerprint density at radius 1 is 1.10 bits per heavy atom. The summed E-state index contributed by atoms with van der Waals surface area (Å²) in [6.07, 6.45) is 2.97. The van der Waals surface area contributed by atoms with Crippen molar-refractivity contribution in [2.75, 3.05) is 11.9 Å². The highest BCUT2D eigenvalue weighted by molar-refractivity contribution is 6.01. The first-order valence-electron chi connectivity index (χ1n) is 14.0. The topological polar surface area (TPSA) is 114 Å². The molecule has 1 spiro atoms. The van der Waals surface area contributed by atoms with Crippen LogP contribution in [0.5, 0.6) is 5.75 Å². The Labute approximate surface area is 241 Å². The zero-order valence-electron chi connectivity index (χ0n) is 23.8. The number of nitrogens with zero attached hydrogens (tertiary/aromatic N) is 3. The van der Waals surface area contributed by atoms with Crippen LogP contribution >= 0.6 is 0 Å². The molecule has 6 rings (SSSR count). The molecule has 3 N–H and O–H groups in total. The molecule has 0 radical (unpaired) electrons. The number of rotatable bonds is 7. The maximum Gasteiger partial charge on any atom is 0.270 e. The molecule has 4 aromatic rings.